The van der Waals surface area contributed by atoms with Crippen LogP contribution in [0.4, 0.5) is 0 Å². The van der Waals surface area contributed by atoms with Crippen LogP contribution in [0, 0.1) is 6.92 Å². The Morgan fingerprint density at radius 3 is 2.82 bits per heavy atom. The van der Waals surface area contributed by atoms with Crippen LogP contribution < -0.4 is 5.43 Å². The first-order chi connectivity index (χ1) is 10.6. The highest BCUT2D eigenvalue weighted by molar-refractivity contribution is 8.00. The Labute approximate surface area is 137 Å². The Bertz CT molecular complexity index is 689. The summed E-state index contributed by atoms with van der Waals surface area (Å²) < 4.78 is 6.99. The molecular weight excluding hydrogens is 324 g/mol. The number of aromatic nitrogens is 3. The lowest BCUT2D eigenvalue weighted by Gasteiger charge is -2.32. The molecule has 0 saturated carbocycles. The van der Waals surface area contributed by atoms with Crippen molar-refractivity contribution < 1.29 is 9.53 Å². The van der Waals surface area contributed by atoms with Crippen LogP contribution in [0.15, 0.2) is 29.4 Å². The molecule has 8 heteroatoms. The summed E-state index contributed by atoms with van der Waals surface area (Å²) in [4.78, 5) is 12.3. The average Bonchev–Trinajstić information content (AvgIpc) is 2.88. The Balaban J connectivity index is 1.97. The van der Waals surface area contributed by atoms with Crippen molar-refractivity contribution >= 4 is 29.3 Å². The molecule has 2 aromatic rings. The quantitative estimate of drug-likeness (QED) is 0.867. The minimum absolute atomic E-state index is 0.247. The van der Waals surface area contributed by atoms with Gasteiger partial charge in [-0.25, -0.2) is 4.68 Å². The minimum atomic E-state index is -0.433. The Morgan fingerprint density at radius 1 is 1.41 bits per heavy atom. The second kappa shape index (κ2) is 6.18. The summed E-state index contributed by atoms with van der Waals surface area (Å²) in [6.07, 6.45) is 0. The molecule has 1 N–H and O–H groups in total. The van der Waals surface area contributed by atoms with Crippen LogP contribution in [0.1, 0.15) is 24.4 Å². The van der Waals surface area contributed by atoms with Crippen LogP contribution in [-0.4, -0.2) is 32.7 Å². The van der Waals surface area contributed by atoms with E-state index in [0.29, 0.717) is 16.8 Å². The largest absolute Gasteiger partial charge is 0.465 e. The van der Waals surface area contributed by atoms with E-state index < -0.39 is 5.25 Å². The topological polar surface area (TPSA) is 69.0 Å². The zero-order chi connectivity index (χ0) is 15.7. The number of hydrogen-bond acceptors (Lipinski definition) is 6. The van der Waals surface area contributed by atoms with Crippen LogP contribution >= 0.6 is 23.4 Å². The van der Waals surface area contributed by atoms with Crippen molar-refractivity contribution in [1.82, 2.24) is 14.9 Å². The normalized spacial score (nSPS) is 20.1. The Hall–Kier alpha value is -1.73. The van der Waals surface area contributed by atoms with Gasteiger partial charge in [-0.15, -0.1) is 10.2 Å². The molecule has 0 fully saturated rings. The molecule has 2 heterocycles. The summed E-state index contributed by atoms with van der Waals surface area (Å²) >= 11 is 7.30. The molecule has 3 rings (SSSR count). The van der Waals surface area contributed by atoms with Crippen LogP contribution in [-0.2, 0) is 9.53 Å². The van der Waals surface area contributed by atoms with Gasteiger partial charge in [0.1, 0.15) is 11.1 Å². The SMILES string of the molecule is CCOC(=O)[C@H]1Sc2nnc(C)n2N[C@@H]1c1ccc(Cl)cc1. The maximum absolute atomic E-state index is 12.3. The van der Waals surface area contributed by atoms with Crippen LogP contribution in [0.3, 0.4) is 0 Å². The van der Waals surface area contributed by atoms with E-state index in [-0.39, 0.29) is 12.0 Å². The second-order valence-corrected chi connectivity index (χ2v) is 6.36. The van der Waals surface area contributed by atoms with Gasteiger partial charge in [0, 0.05) is 5.02 Å². The standard InChI is InChI=1S/C14H15ClN4O2S/c1-3-21-13(20)12-11(9-4-6-10(15)7-5-9)18-19-8(2)16-17-14(19)22-12/h4-7,11-12,18H,3H2,1-2H3/t11-,12+/m1/s1. The molecule has 0 spiro atoms. The summed E-state index contributed by atoms with van der Waals surface area (Å²) in [6.45, 7) is 3.99. The van der Waals surface area contributed by atoms with E-state index in [4.69, 9.17) is 16.3 Å². The molecule has 1 aliphatic heterocycles. The van der Waals surface area contributed by atoms with Gasteiger partial charge in [-0.3, -0.25) is 4.79 Å². The molecule has 1 aromatic carbocycles. The highest BCUT2D eigenvalue weighted by Crippen LogP contribution is 2.37. The number of nitrogens with one attached hydrogen (secondary N) is 1. The second-order valence-electron chi connectivity index (χ2n) is 4.81. The fourth-order valence-corrected chi connectivity index (χ4v) is 3.53. The maximum Gasteiger partial charge on any atom is 0.322 e. The molecule has 116 valence electrons. The molecular formula is C14H15ClN4O2S. The third-order valence-corrected chi connectivity index (χ3v) is 4.79. The summed E-state index contributed by atoms with van der Waals surface area (Å²) in [5, 5.41) is 8.99. The molecule has 0 unspecified atom stereocenters. The van der Waals surface area contributed by atoms with Crippen LogP contribution in [0.25, 0.3) is 0 Å². The smallest absolute Gasteiger partial charge is 0.322 e. The number of rotatable bonds is 3. The van der Waals surface area contributed by atoms with Gasteiger partial charge in [-0.1, -0.05) is 35.5 Å². The summed E-state index contributed by atoms with van der Waals surface area (Å²) in [7, 11) is 0. The van der Waals surface area contributed by atoms with Crippen molar-refractivity contribution in [3.05, 3.63) is 40.7 Å². The van der Waals surface area contributed by atoms with Gasteiger partial charge in [0.05, 0.1) is 12.6 Å². The van der Waals surface area contributed by atoms with Gasteiger partial charge in [0.2, 0.25) is 5.16 Å². The average molecular weight is 339 g/mol. The summed E-state index contributed by atoms with van der Waals surface area (Å²) in [5.41, 5.74) is 4.25. The lowest BCUT2D eigenvalue weighted by Crippen LogP contribution is -2.39. The number of aryl methyl sites for hydroxylation is 1. The van der Waals surface area contributed by atoms with E-state index in [1.54, 1.807) is 23.7 Å². The van der Waals surface area contributed by atoms with Crippen molar-refractivity contribution in [2.24, 2.45) is 0 Å². The molecule has 0 saturated heterocycles. The highest BCUT2D eigenvalue weighted by atomic mass is 35.5. The molecule has 0 aliphatic carbocycles. The lowest BCUT2D eigenvalue weighted by molar-refractivity contribution is -0.142. The number of ether oxygens (including phenoxy) is 1. The van der Waals surface area contributed by atoms with Crippen molar-refractivity contribution in [1.29, 1.82) is 0 Å². The molecule has 0 radical (unpaired) electrons. The Morgan fingerprint density at radius 2 is 2.14 bits per heavy atom. The minimum Gasteiger partial charge on any atom is -0.465 e. The predicted molar refractivity (Wildman–Crippen MR) is 84.6 cm³/mol. The molecule has 0 bridgehead atoms. The molecule has 1 aromatic heterocycles. The van der Waals surface area contributed by atoms with Crippen molar-refractivity contribution in [3.8, 4) is 0 Å². The van der Waals surface area contributed by atoms with Gasteiger partial charge < -0.3 is 10.2 Å². The van der Waals surface area contributed by atoms with E-state index in [9.17, 15) is 4.79 Å². The number of halogens is 1. The molecule has 2 atom stereocenters. The number of carbonyl (C=O) groups is 1. The number of benzene rings is 1. The third kappa shape index (κ3) is 2.78. The van der Waals surface area contributed by atoms with Gasteiger partial charge in [0.15, 0.2) is 0 Å². The molecule has 1 aliphatic rings. The maximum atomic E-state index is 12.3. The first-order valence-corrected chi connectivity index (χ1v) is 8.13. The van der Waals surface area contributed by atoms with Crippen molar-refractivity contribution in [2.75, 3.05) is 12.0 Å². The Kier molecular flexibility index (Phi) is 4.26. The zero-order valence-electron chi connectivity index (χ0n) is 12.1. The molecule has 6 nitrogen and oxygen atoms in total. The van der Waals surface area contributed by atoms with Gasteiger partial charge in [0.25, 0.3) is 0 Å². The van der Waals surface area contributed by atoms with E-state index in [1.165, 1.54) is 11.8 Å². The van der Waals surface area contributed by atoms with Crippen molar-refractivity contribution in [3.63, 3.8) is 0 Å². The van der Waals surface area contributed by atoms with Gasteiger partial charge in [-0.05, 0) is 31.5 Å². The summed E-state index contributed by atoms with van der Waals surface area (Å²) in [5.74, 6) is 0.468. The number of hydrogen-bond donors (Lipinski definition) is 1. The van der Waals surface area contributed by atoms with E-state index in [0.717, 1.165) is 11.4 Å². The van der Waals surface area contributed by atoms with Gasteiger partial charge >= 0.3 is 5.97 Å². The lowest BCUT2D eigenvalue weighted by atomic mass is 10.0. The number of nitrogens with zero attached hydrogens (tertiary/aromatic N) is 3. The zero-order valence-corrected chi connectivity index (χ0v) is 13.7. The highest BCUT2D eigenvalue weighted by Gasteiger charge is 2.38. The first kappa shape index (κ1) is 15.2. The third-order valence-electron chi connectivity index (χ3n) is 3.35. The summed E-state index contributed by atoms with van der Waals surface area (Å²) in [6, 6.07) is 7.16. The fourth-order valence-electron chi connectivity index (χ4n) is 2.28. The van der Waals surface area contributed by atoms with E-state index in [1.807, 2.05) is 19.1 Å². The van der Waals surface area contributed by atoms with Crippen LogP contribution in [0.5, 0.6) is 0 Å². The molecule has 22 heavy (non-hydrogen) atoms. The van der Waals surface area contributed by atoms with Crippen LogP contribution in [0.2, 0.25) is 5.02 Å². The first-order valence-electron chi connectivity index (χ1n) is 6.87. The fraction of sp³-hybridized carbons (Fsp3) is 0.357. The monoisotopic (exact) mass is 338 g/mol. The van der Waals surface area contributed by atoms with Crippen molar-refractivity contribution in [2.45, 2.75) is 30.3 Å². The predicted octanol–water partition coefficient (Wildman–Crippen LogP) is 2.56. The van der Waals surface area contributed by atoms with E-state index >= 15 is 0 Å². The number of thioether (sulfide) groups is 1. The number of fused-ring (bicyclic) bond motifs is 1. The number of esters is 1. The number of carbonyl (C=O) groups excluding carboxylic acids is 1. The van der Waals surface area contributed by atoms with E-state index in [2.05, 4.69) is 15.6 Å². The van der Waals surface area contributed by atoms with Gasteiger partial charge in [-0.2, -0.15) is 0 Å². The molecule has 0 amide bonds.